The van der Waals surface area contributed by atoms with Crippen LogP contribution in [0.4, 0.5) is 0 Å². The van der Waals surface area contributed by atoms with E-state index in [1.54, 1.807) is 20.8 Å². The van der Waals surface area contributed by atoms with Crippen molar-refractivity contribution in [2.75, 3.05) is 7.11 Å². The van der Waals surface area contributed by atoms with E-state index < -0.39 is 57.7 Å². The summed E-state index contributed by atoms with van der Waals surface area (Å²) in [5, 5.41) is 12.0. The fraction of sp³-hybridized carbons (Fsp3) is 0.833. The molecule has 1 spiro atoms. The van der Waals surface area contributed by atoms with E-state index in [0.717, 1.165) is 0 Å². The molecule has 2 saturated carbocycles. The zero-order valence-electron chi connectivity index (χ0n) is 15.6. The van der Waals surface area contributed by atoms with E-state index in [-0.39, 0.29) is 12.8 Å². The predicted molar refractivity (Wildman–Crippen MR) is 84.4 cm³/mol. The molecular formula is C18H24O8. The smallest absolute Gasteiger partial charge is 0.318 e. The molecule has 8 heteroatoms. The van der Waals surface area contributed by atoms with Crippen LogP contribution in [0.25, 0.3) is 0 Å². The molecule has 4 fully saturated rings. The highest BCUT2D eigenvalue weighted by molar-refractivity contribution is 5.86. The van der Waals surface area contributed by atoms with Gasteiger partial charge in [-0.05, 0) is 33.6 Å². The van der Waals surface area contributed by atoms with Crippen molar-refractivity contribution in [3.63, 3.8) is 0 Å². The van der Waals surface area contributed by atoms with Gasteiger partial charge in [0.2, 0.25) is 6.29 Å². The van der Waals surface area contributed by atoms with E-state index in [9.17, 15) is 19.5 Å². The van der Waals surface area contributed by atoms with Gasteiger partial charge in [-0.15, -0.1) is 0 Å². The maximum absolute atomic E-state index is 13.0. The van der Waals surface area contributed by atoms with Gasteiger partial charge in [-0.25, -0.2) is 0 Å². The molecule has 4 rings (SSSR count). The van der Waals surface area contributed by atoms with Gasteiger partial charge in [0.15, 0.2) is 0 Å². The van der Waals surface area contributed by atoms with Crippen molar-refractivity contribution in [1.82, 2.24) is 0 Å². The van der Waals surface area contributed by atoms with Gasteiger partial charge in [-0.1, -0.05) is 0 Å². The Morgan fingerprint density at radius 3 is 2.46 bits per heavy atom. The summed E-state index contributed by atoms with van der Waals surface area (Å²) in [7, 11) is 1.40. The lowest BCUT2D eigenvalue weighted by Gasteiger charge is -2.46. The summed E-state index contributed by atoms with van der Waals surface area (Å²) in [4.78, 5) is 37.2. The molecule has 7 atom stereocenters. The lowest BCUT2D eigenvalue weighted by Crippen LogP contribution is -2.60. The highest BCUT2D eigenvalue weighted by atomic mass is 16.7. The van der Waals surface area contributed by atoms with Crippen LogP contribution in [0, 0.1) is 16.2 Å². The highest BCUT2D eigenvalue weighted by Gasteiger charge is 2.94. The van der Waals surface area contributed by atoms with Crippen molar-refractivity contribution >= 4 is 17.9 Å². The largest absolute Gasteiger partial charge is 0.460 e. The van der Waals surface area contributed by atoms with Crippen LogP contribution < -0.4 is 0 Å². The molecule has 8 nitrogen and oxygen atoms in total. The minimum atomic E-state index is -1.55. The van der Waals surface area contributed by atoms with Crippen molar-refractivity contribution in [2.45, 2.75) is 70.6 Å². The van der Waals surface area contributed by atoms with Gasteiger partial charge >= 0.3 is 17.9 Å². The topological polar surface area (TPSA) is 108 Å². The van der Waals surface area contributed by atoms with Crippen LogP contribution in [0.1, 0.15) is 47.0 Å². The fourth-order valence-corrected chi connectivity index (χ4v) is 6.56. The zero-order chi connectivity index (χ0) is 19.3. The molecule has 0 unspecified atom stereocenters. The maximum Gasteiger partial charge on any atom is 0.318 e. The SMILES string of the molecule is CO[C@H]1OC(=O)[C@]2(C)[C@H](OC(C)=O)[C@]34CC(=O)O[C@@]3(C)CC[C@]4(O)[C@]12C. The Balaban J connectivity index is 2.05. The second-order valence-electron chi connectivity index (χ2n) is 8.58. The summed E-state index contributed by atoms with van der Waals surface area (Å²) in [6, 6.07) is 0. The first-order valence-electron chi connectivity index (χ1n) is 8.80. The molecular weight excluding hydrogens is 344 g/mol. The Hall–Kier alpha value is -1.67. The molecule has 144 valence electrons. The van der Waals surface area contributed by atoms with Crippen molar-refractivity contribution in [2.24, 2.45) is 16.2 Å². The number of cyclic esters (lactones) is 1. The molecule has 2 aliphatic heterocycles. The quantitative estimate of drug-likeness (QED) is 0.560. The van der Waals surface area contributed by atoms with E-state index in [1.807, 2.05) is 0 Å². The molecule has 26 heavy (non-hydrogen) atoms. The Kier molecular flexibility index (Phi) is 3.13. The predicted octanol–water partition coefficient (Wildman–Crippen LogP) is 0.690. The molecule has 2 heterocycles. The molecule has 1 N–H and O–H groups in total. The van der Waals surface area contributed by atoms with E-state index in [1.165, 1.54) is 14.0 Å². The van der Waals surface area contributed by atoms with Gasteiger partial charge in [-0.2, -0.15) is 0 Å². The van der Waals surface area contributed by atoms with Crippen molar-refractivity contribution < 1.29 is 38.4 Å². The maximum atomic E-state index is 13.0. The lowest BCUT2D eigenvalue weighted by molar-refractivity contribution is -0.229. The number of methoxy groups -OCH3 is 1. The monoisotopic (exact) mass is 368 g/mol. The number of hydrogen-bond acceptors (Lipinski definition) is 8. The third-order valence-corrected chi connectivity index (χ3v) is 7.93. The highest BCUT2D eigenvalue weighted by Crippen LogP contribution is 2.80. The van der Waals surface area contributed by atoms with Gasteiger partial charge < -0.3 is 24.1 Å². The Morgan fingerprint density at radius 1 is 1.23 bits per heavy atom. The van der Waals surface area contributed by atoms with Gasteiger partial charge in [0.1, 0.15) is 17.1 Å². The number of esters is 3. The van der Waals surface area contributed by atoms with Gasteiger partial charge in [0.05, 0.1) is 22.9 Å². The standard InChI is InChI=1S/C18H24O8/c1-9(19)24-11-15(3)12(21)25-13(23-5)16(15,4)18(22)7-6-14(2)17(11,18)8-10(20)26-14/h11,13,22H,6-8H2,1-5H3/t11-,13-,14-,15-,16+,17+,18-/m0/s1. The number of rotatable bonds is 2. The van der Waals surface area contributed by atoms with Crippen molar-refractivity contribution in [3.05, 3.63) is 0 Å². The van der Waals surface area contributed by atoms with Gasteiger partial charge in [0, 0.05) is 14.0 Å². The van der Waals surface area contributed by atoms with Crippen LogP contribution in [0.5, 0.6) is 0 Å². The summed E-state index contributed by atoms with van der Waals surface area (Å²) >= 11 is 0. The van der Waals surface area contributed by atoms with Crippen LogP contribution in [0.15, 0.2) is 0 Å². The molecule has 0 aromatic rings. The van der Waals surface area contributed by atoms with E-state index in [4.69, 9.17) is 18.9 Å². The molecule has 4 aliphatic rings. The third-order valence-electron chi connectivity index (χ3n) is 7.93. The zero-order valence-corrected chi connectivity index (χ0v) is 15.6. The molecule has 0 aromatic heterocycles. The first-order chi connectivity index (χ1) is 11.9. The van der Waals surface area contributed by atoms with Crippen LogP contribution in [-0.4, -0.2) is 53.7 Å². The van der Waals surface area contributed by atoms with Gasteiger partial charge in [0.25, 0.3) is 0 Å². The number of carbonyl (C=O) groups excluding carboxylic acids is 3. The van der Waals surface area contributed by atoms with Crippen LogP contribution in [0.2, 0.25) is 0 Å². The molecule has 0 radical (unpaired) electrons. The number of hydrogen-bond donors (Lipinski definition) is 1. The van der Waals surface area contributed by atoms with E-state index >= 15 is 0 Å². The average molecular weight is 368 g/mol. The summed E-state index contributed by atoms with van der Waals surface area (Å²) in [6.45, 7) is 6.32. The van der Waals surface area contributed by atoms with Crippen molar-refractivity contribution in [3.8, 4) is 0 Å². The minimum absolute atomic E-state index is 0.132. The van der Waals surface area contributed by atoms with E-state index in [0.29, 0.717) is 6.42 Å². The number of carbonyl (C=O) groups is 3. The van der Waals surface area contributed by atoms with Crippen LogP contribution in [-0.2, 0) is 33.3 Å². The normalized spacial score (nSPS) is 54.4. The first-order valence-corrected chi connectivity index (χ1v) is 8.80. The Morgan fingerprint density at radius 2 is 1.88 bits per heavy atom. The summed E-state index contributed by atoms with van der Waals surface area (Å²) in [5.41, 5.74) is -6.46. The fourth-order valence-electron chi connectivity index (χ4n) is 6.56. The number of ether oxygens (including phenoxy) is 4. The molecule has 0 amide bonds. The first kappa shape index (κ1) is 17.7. The number of aliphatic hydroxyl groups is 1. The minimum Gasteiger partial charge on any atom is -0.460 e. The third kappa shape index (κ3) is 1.40. The lowest BCUT2D eigenvalue weighted by atomic mass is 9.61. The summed E-state index contributed by atoms with van der Waals surface area (Å²) in [6.07, 6.45) is -1.57. The summed E-state index contributed by atoms with van der Waals surface area (Å²) < 4.78 is 22.2. The second kappa shape index (κ2) is 4.59. The Labute approximate surface area is 151 Å². The second-order valence-corrected chi connectivity index (χ2v) is 8.58. The summed E-state index contributed by atoms with van der Waals surface area (Å²) in [5.74, 6) is -1.69. The average Bonchev–Trinajstić information content (AvgIpc) is 3.06. The van der Waals surface area contributed by atoms with Crippen LogP contribution >= 0.6 is 0 Å². The van der Waals surface area contributed by atoms with Gasteiger partial charge in [-0.3, -0.25) is 14.4 Å². The molecule has 0 bridgehead atoms. The molecule has 0 aromatic carbocycles. The number of fused-ring (bicyclic) bond motifs is 2. The van der Waals surface area contributed by atoms with Crippen molar-refractivity contribution in [1.29, 1.82) is 0 Å². The molecule has 2 aliphatic carbocycles. The van der Waals surface area contributed by atoms with E-state index in [2.05, 4.69) is 0 Å². The van der Waals surface area contributed by atoms with Crippen LogP contribution in [0.3, 0.4) is 0 Å². The molecule has 2 saturated heterocycles. The Bertz CT molecular complexity index is 735.